The molecule has 7 nitrogen and oxygen atoms in total. The van der Waals surface area contributed by atoms with Crippen molar-refractivity contribution >= 4 is 51.4 Å². The van der Waals surface area contributed by atoms with Crippen molar-refractivity contribution in [2.45, 2.75) is 5.54 Å². The van der Waals surface area contributed by atoms with Crippen LogP contribution in [0.25, 0.3) is 6.08 Å². The second kappa shape index (κ2) is 10.4. The van der Waals surface area contributed by atoms with Gasteiger partial charge in [0, 0.05) is 5.38 Å². The normalized spacial score (nSPS) is 14.8. The van der Waals surface area contributed by atoms with E-state index in [1.54, 1.807) is 5.38 Å². The van der Waals surface area contributed by atoms with Gasteiger partial charge in [-0.15, -0.1) is 11.3 Å². The quantitative estimate of drug-likeness (QED) is 0.225. The second-order valence-electron chi connectivity index (χ2n) is 8.21. The average molecular weight is 528 g/mol. The lowest BCUT2D eigenvalue weighted by Crippen LogP contribution is -2.38. The monoisotopic (exact) mass is 527 g/mol. The maximum atomic E-state index is 12.6. The number of thiazole rings is 1. The second-order valence-corrected chi connectivity index (χ2v) is 10.1. The van der Waals surface area contributed by atoms with Gasteiger partial charge in [-0.2, -0.15) is 0 Å². The molecule has 2 N–H and O–H groups in total. The Morgan fingerprint density at radius 1 is 0.892 bits per heavy atom. The number of hydrogen-bond donors (Lipinski definition) is 2. The number of benzene rings is 3. The lowest BCUT2D eigenvalue weighted by molar-refractivity contribution is -0.140. The number of carboxylic acid groups (broad SMARTS) is 1. The maximum absolute atomic E-state index is 12.6. The van der Waals surface area contributed by atoms with Crippen molar-refractivity contribution in [2.75, 3.05) is 11.9 Å². The molecular formula is C28H21N3O4S2. The van der Waals surface area contributed by atoms with Crippen molar-refractivity contribution in [3.63, 3.8) is 0 Å². The van der Waals surface area contributed by atoms with Crippen LogP contribution in [-0.2, 0) is 15.1 Å². The molecule has 0 saturated carbocycles. The first-order valence-corrected chi connectivity index (χ1v) is 13.0. The Labute approximate surface area is 221 Å². The number of nitrogens with one attached hydrogen (secondary N) is 1. The van der Waals surface area contributed by atoms with Gasteiger partial charge < -0.3 is 10.4 Å². The third-order valence-electron chi connectivity index (χ3n) is 5.88. The predicted molar refractivity (Wildman–Crippen MR) is 145 cm³/mol. The topological polar surface area (TPSA) is 99.6 Å². The van der Waals surface area contributed by atoms with Gasteiger partial charge in [0.25, 0.3) is 11.1 Å². The van der Waals surface area contributed by atoms with Gasteiger partial charge in [-0.25, -0.2) is 4.98 Å². The molecule has 2 heterocycles. The van der Waals surface area contributed by atoms with Crippen LogP contribution in [0.5, 0.6) is 0 Å². The number of aliphatic carboxylic acids is 1. The summed E-state index contributed by atoms with van der Waals surface area (Å²) in [5.74, 6) is -1.88. The van der Waals surface area contributed by atoms with Crippen LogP contribution < -0.4 is 5.32 Å². The first kappa shape index (κ1) is 24.5. The Morgan fingerprint density at radius 2 is 1.41 bits per heavy atom. The zero-order valence-corrected chi connectivity index (χ0v) is 21.0. The zero-order chi connectivity index (χ0) is 25.8. The molecular weight excluding hydrogens is 506 g/mol. The molecule has 0 spiro atoms. The first-order chi connectivity index (χ1) is 18.0. The molecule has 5 rings (SSSR count). The number of thioether (sulfide) groups is 1. The largest absolute Gasteiger partial charge is 0.480 e. The highest BCUT2D eigenvalue weighted by Crippen LogP contribution is 2.41. The van der Waals surface area contributed by atoms with Crippen molar-refractivity contribution in [1.29, 1.82) is 0 Å². The van der Waals surface area contributed by atoms with E-state index in [9.17, 15) is 14.4 Å². The summed E-state index contributed by atoms with van der Waals surface area (Å²) in [4.78, 5) is 41.2. The molecule has 1 aromatic heterocycles. The summed E-state index contributed by atoms with van der Waals surface area (Å²) in [5.41, 5.74) is 2.83. The first-order valence-electron chi connectivity index (χ1n) is 11.3. The van der Waals surface area contributed by atoms with Gasteiger partial charge in [0.15, 0.2) is 5.13 Å². The van der Waals surface area contributed by atoms with Gasteiger partial charge in [-0.05, 0) is 34.5 Å². The van der Waals surface area contributed by atoms with Gasteiger partial charge in [0.1, 0.15) is 12.1 Å². The highest BCUT2D eigenvalue weighted by molar-refractivity contribution is 8.18. The minimum absolute atomic E-state index is 0.142. The molecule has 1 fully saturated rings. The van der Waals surface area contributed by atoms with Crippen LogP contribution in [0.4, 0.5) is 9.93 Å². The molecule has 0 bridgehead atoms. The van der Waals surface area contributed by atoms with Crippen LogP contribution in [0, 0.1) is 0 Å². The number of nitrogens with zero attached hydrogens (tertiary/aromatic N) is 2. The minimum atomic E-state index is -1.25. The Bertz CT molecular complexity index is 1370. The van der Waals surface area contributed by atoms with E-state index in [0.717, 1.165) is 21.6 Å². The summed E-state index contributed by atoms with van der Waals surface area (Å²) < 4.78 is 0. The Hall–Kier alpha value is -4.21. The molecule has 37 heavy (non-hydrogen) atoms. The average Bonchev–Trinajstić information content (AvgIpc) is 3.47. The smallest absolute Gasteiger partial charge is 0.323 e. The standard InChI is InChI=1S/C28H21N3O4S2/c32-24(33)17-31-25(34)23(37-27(31)35)16-22-18-36-26(29-22)30-28(19-10-4-1-5-11-19,20-12-6-2-7-13-20)21-14-8-3-9-15-21/h1-16,18H,17H2,(H,29,30)(H,32,33)/b23-16+. The van der Waals surface area contributed by atoms with Crippen LogP contribution in [0.2, 0.25) is 0 Å². The molecule has 1 saturated heterocycles. The number of carbonyl (C=O) groups excluding carboxylic acids is 2. The summed E-state index contributed by atoms with van der Waals surface area (Å²) in [6, 6.07) is 30.3. The van der Waals surface area contributed by atoms with E-state index >= 15 is 0 Å². The van der Waals surface area contributed by atoms with Crippen molar-refractivity contribution in [2.24, 2.45) is 0 Å². The molecule has 0 atom stereocenters. The number of carbonyl (C=O) groups is 3. The highest BCUT2D eigenvalue weighted by atomic mass is 32.2. The summed E-state index contributed by atoms with van der Waals surface area (Å²) in [6.45, 7) is -0.667. The van der Waals surface area contributed by atoms with E-state index in [4.69, 9.17) is 10.1 Å². The molecule has 4 aromatic rings. The third-order valence-corrected chi connectivity index (χ3v) is 7.57. The predicted octanol–water partition coefficient (Wildman–Crippen LogP) is 5.67. The number of anilines is 1. The van der Waals surface area contributed by atoms with Crippen molar-refractivity contribution in [3.05, 3.63) is 124 Å². The fourth-order valence-corrected chi connectivity index (χ4v) is 5.80. The van der Waals surface area contributed by atoms with E-state index < -0.39 is 29.2 Å². The van der Waals surface area contributed by atoms with E-state index in [1.165, 1.54) is 17.4 Å². The molecule has 0 radical (unpaired) electrons. The fourth-order valence-electron chi connectivity index (χ4n) is 4.26. The van der Waals surface area contributed by atoms with Crippen LogP contribution in [0.1, 0.15) is 22.4 Å². The molecule has 1 aliphatic rings. The molecule has 184 valence electrons. The molecule has 0 aliphatic carbocycles. The number of hydrogen-bond acceptors (Lipinski definition) is 7. The molecule has 3 aromatic carbocycles. The number of imide groups is 1. The van der Waals surface area contributed by atoms with Crippen molar-refractivity contribution < 1.29 is 19.5 Å². The third kappa shape index (κ3) is 4.91. The molecule has 9 heteroatoms. The summed E-state index contributed by atoms with van der Waals surface area (Å²) in [6.07, 6.45) is 1.52. The zero-order valence-electron chi connectivity index (χ0n) is 19.4. The summed E-state index contributed by atoms with van der Waals surface area (Å²) in [5, 5.41) is 14.5. The Balaban J connectivity index is 1.55. The lowest BCUT2D eigenvalue weighted by Gasteiger charge is -2.36. The van der Waals surface area contributed by atoms with Crippen LogP contribution in [-0.4, -0.2) is 38.7 Å². The van der Waals surface area contributed by atoms with E-state index in [2.05, 4.69) is 41.7 Å². The Kier molecular flexibility index (Phi) is 6.89. The molecule has 2 amide bonds. The van der Waals surface area contributed by atoms with Crippen molar-refractivity contribution in [1.82, 2.24) is 9.88 Å². The number of rotatable bonds is 8. The lowest BCUT2D eigenvalue weighted by atomic mass is 9.77. The SMILES string of the molecule is O=C(O)CN1C(=O)S/C(=C/c2csc(NC(c3ccccc3)(c3ccccc3)c3ccccc3)n2)C1=O. The van der Waals surface area contributed by atoms with Gasteiger partial charge in [-0.3, -0.25) is 19.3 Å². The maximum Gasteiger partial charge on any atom is 0.323 e. The highest BCUT2D eigenvalue weighted by Gasteiger charge is 2.38. The minimum Gasteiger partial charge on any atom is -0.480 e. The van der Waals surface area contributed by atoms with Crippen molar-refractivity contribution in [3.8, 4) is 0 Å². The number of amides is 2. The van der Waals surface area contributed by atoms with Crippen LogP contribution in [0.15, 0.2) is 101 Å². The van der Waals surface area contributed by atoms with Crippen LogP contribution in [0.3, 0.4) is 0 Å². The van der Waals surface area contributed by atoms with Gasteiger partial charge in [0.2, 0.25) is 0 Å². The summed E-state index contributed by atoms with van der Waals surface area (Å²) >= 11 is 2.09. The van der Waals surface area contributed by atoms with Gasteiger partial charge >= 0.3 is 5.97 Å². The van der Waals surface area contributed by atoms with E-state index in [1.807, 2.05) is 54.6 Å². The molecule has 1 aliphatic heterocycles. The number of carboxylic acids is 1. The van der Waals surface area contributed by atoms with Gasteiger partial charge in [0.05, 0.1) is 10.6 Å². The molecule has 0 unspecified atom stereocenters. The van der Waals surface area contributed by atoms with E-state index in [-0.39, 0.29) is 4.91 Å². The van der Waals surface area contributed by atoms with Crippen LogP contribution >= 0.6 is 23.1 Å². The van der Waals surface area contributed by atoms with Gasteiger partial charge in [-0.1, -0.05) is 91.0 Å². The Morgan fingerprint density at radius 3 is 1.89 bits per heavy atom. The van der Waals surface area contributed by atoms with E-state index in [0.29, 0.717) is 22.6 Å². The fraction of sp³-hybridized carbons (Fsp3) is 0.0714. The summed E-state index contributed by atoms with van der Waals surface area (Å²) in [7, 11) is 0. The number of aromatic nitrogens is 1.